The summed E-state index contributed by atoms with van der Waals surface area (Å²) in [7, 11) is 1.42. The van der Waals surface area contributed by atoms with Crippen molar-refractivity contribution >= 4 is 17.4 Å². The topological polar surface area (TPSA) is 62.1 Å². The molecule has 26 heavy (non-hydrogen) atoms. The van der Waals surface area contributed by atoms with E-state index < -0.39 is 5.41 Å². The second-order valence-electron chi connectivity index (χ2n) is 7.89. The molecule has 1 N–H and O–H groups in total. The summed E-state index contributed by atoms with van der Waals surface area (Å²) in [6.07, 6.45) is 3.94. The van der Waals surface area contributed by atoms with E-state index in [-0.39, 0.29) is 30.0 Å². The Morgan fingerprint density at radius 3 is 2.96 bits per heavy atom. The summed E-state index contributed by atoms with van der Waals surface area (Å²) >= 11 is 0. The molecule has 2 bridgehead atoms. The van der Waals surface area contributed by atoms with Crippen LogP contribution in [-0.4, -0.2) is 54.5 Å². The lowest BCUT2D eigenvalue weighted by atomic mass is 9.49. The molecule has 1 unspecified atom stereocenters. The second-order valence-corrected chi connectivity index (χ2v) is 7.89. The molecule has 3 aliphatic heterocycles. The molecule has 3 fully saturated rings. The smallest absolute Gasteiger partial charge is 0.320 e. The van der Waals surface area contributed by atoms with Crippen molar-refractivity contribution in [3.8, 4) is 0 Å². The summed E-state index contributed by atoms with van der Waals surface area (Å²) in [5.74, 6) is -0.403. The molecular formula is C21H24N2O3. The van der Waals surface area contributed by atoms with Gasteiger partial charge in [-0.15, -0.1) is 0 Å². The third-order valence-corrected chi connectivity index (χ3v) is 7.24. The number of allylic oxidation sites excluding steroid dienone is 1. The number of carbonyl (C=O) groups excluding carboxylic acids is 1. The number of nitrogens with zero attached hydrogens (tertiary/aromatic N) is 2. The number of methoxy groups -OCH3 is 1. The molecular weight excluding hydrogens is 328 g/mol. The van der Waals surface area contributed by atoms with Crippen molar-refractivity contribution in [1.29, 1.82) is 0 Å². The number of piperidine rings is 1. The zero-order chi connectivity index (χ0) is 18.1. The molecule has 0 amide bonds. The molecule has 1 spiro atoms. The van der Waals surface area contributed by atoms with Crippen LogP contribution in [0.15, 0.2) is 40.9 Å². The minimum Gasteiger partial charge on any atom is -0.468 e. The van der Waals surface area contributed by atoms with Crippen LogP contribution < -0.4 is 0 Å². The Kier molecular flexibility index (Phi) is 3.29. The lowest BCUT2D eigenvalue weighted by molar-refractivity contribution is -0.154. The molecule has 1 aromatic rings. The lowest BCUT2D eigenvalue weighted by Gasteiger charge is -2.56. The van der Waals surface area contributed by atoms with Crippen molar-refractivity contribution in [3.05, 3.63) is 41.5 Å². The van der Waals surface area contributed by atoms with Crippen molar-refractivity contribution in [2.45, 2.75) is 31.2 Å². The van der Waals surface area contributed by atoms with Gasteiger partial charge in [-0.2, -0.15) is 0 Å². The number of rotatable bonds is 2. The predicted molar refractivity (Wildman–Crippen MR) is 98.6 cm³/mol. The van der Waals surface area contributed by atoms with Crippen LogP contribution in [0.3, 0.4) is 0 Å². The van der Waals surface area contributed by atoms with E-state index in [0.717, 1.165) is 37.3 Å². The number of ether oxygens (including phenoxy) is 1. The van der Waals surface area contributed by atoms with E-state index in [1.54, 1.807) is 0 Å². The monoisotopic (exact) mass is 352 g/mol. The number of fused-ring (bicyclic) bond motifs is 2. The van der Waals surface area contributed by atoms with E-state index in [4.69, 9.17) is 9.73 Å². The van der Waals surface area contributed by atoms with E-state index >= 15 is 0 Å². The van der Waals surface area contributed by atoms with Gasteiger partial charge in [-0.1, -0.05) is 29.8 Å². The molecule has 1 aromatic carbocycles. The van der Waals surface area contributed by atoms with Gasteiger partial charge >= 0.3 is 5.97 Å². The fourth-order valence-electron chi connectivity index (χ4n) is 6.34. The zero-order valence-corrected chi connectivity index (χ0v) is 15.2. The fourth-order valence-corrected chi connectivity index (χ4v) is 6.34. The molecule has 1 saturated carbocycles. The number of benzene rings is 1. The Morgan fingerprint density at radius 1 is 1.42 bits per heavy atom. The van der Waals surface area contributed by atoms with Gasteiger partial charge in [0.15, 0.2) is 0 Å². The Morgan fingerprint density at radius 2 is 2.23 bits per heavy atom. The number of hydrogen-bond acceptors (Lipinski definition) is 5. The molecule has 136 valence electrons. The van der Waals surface area contributed by atoms with E-state index in [1.807, 2.05) is 12.1 Å². The highest BCUT2D eigenvalue weighted by molar-refractivity contribution is 6.18. The largest absolute Gasteiger partial charge is 0.468 e. The summed E-state index contributed by atoms with van der Waals surface area (Å²) in [5.41, 5.74) is 2.83. The average molecular weight is 352 g/mol. The highest BCUT2D eigenvalue weighted by Crippen LogP contribution is 2.64. The van der Waals surface area contributed by atoms with Gasteiger partial charge in [-0.25, -0.2) is 0 Å². The summed E-state index contributed by atoms with van der Waals surface area (Å²) < 4.78 is 5.26. The molecule has 5 nitrogen and oxygen atoms in total. The second kappa shape index (κ2) is 5.27. The minimum absolute atomic E-state index is 0.0505. The molecule has 0 radical (unpaired) electrons. The van der Waals surface area contributed by atoms with E-state index in [1.165, 1.54) is 18.2 Å². The van der Waals surface area contributed by atoms with Crippen LogP contribution >= 0.6 is 0 Å². The van der Waals surface area contributed by atoms with Crippen LogP contribution in [0.1, 0.15) is 25.3 Å². The maximum absolute atomic E-state index is 13.1. The van der Waals surface area contributed by atoms with Gasteiger partial charge < -0.3 is 9.84 Å². The van der Waals surface area contributed by atoms with Crippen LogP contribution in [-0.2, 0) is 14.9 Å². The maximum Gasteiger partial charge on any atom is 0.320 e. The Balaban J connectivity index is 1.87. The summed E-state index contributed by atoms with van der Waals surface area (Å²) in [6, 6.07) is 8.45. The summed E-state index contributed by atoms with van der Waals surface area (Å²) in [5, 5.41) is 10.6. The highest BCUT2D eigenvalue weighted by atomic mass is 16.5. The van der Waals surface area contributed by atoms with Crippen molar-refractivity contribution < 1.29 is 14.6 Å². The van der Waals surface area contributed by atoms with Crippen molar-refractivity contribution in [2.24, 2.45) is 16.3 Å². The molecule has 0 aromatic heterocycles. The number of aliphatic imine (C=N–C) groups is 1. The predicted octanol–water partition coefficient (Wildman–Crippen LogP) is 2.22. The molecule has 1 aliphatic carbocycles. The van der Waals surface area contributed by atoms with E-state index in [0.29, 0.717) is 0 Å². The summed E-state index contributed by atoms with van der Waals surface area (Å²) in [6.45, 7) is 3.73. The third-order valence-electron chi connectivity index (χ3n) is 7.24. The van der Waals surface area contributed by atoms with Gasteiger partial charge in [0.05, 0.1) is 30.5 Å². The molecule has 5 rings (SSSR count). The normalized spacial score (nSPS) is 38.7. The average Bonchev–Trinajstić information content (AvgIpc) is 3.24. The van der Waals surface area contributed by atoms with Gasteiger partial charge in [-0.3, -0.25) is 14.7 Å². The number of aliphatic hydroxyl groups excluding tert-OH is 1. The molecule has 3 heterocycles. The first-order valence-corrected chi connectivity index (χ1v) is 9.43. The van der Waals surface area contributed by atoms with Crippen molar-refractivity contribution in [3.63, 3.8) is 0 Å². The van der Waals surface area contributed by atoms with E-state index in [9.17, 15) is 9.90 Å². The number of para-hydroxylation sites is 1. The zero-order valence-electron chi connectivity index (χ0n) is 15.2. The quantitative estimate of drug-likeness (QED) is 0.655. The van der Waals surface area contributed by atoms with Crippen LogP contribution in [0.5, 0.6) is 0 Å². The standard InChI is InChI=1S/C21H24N2O3/c1-3-13-14-8-10-23-11-9-20(17(13)23)15-6-4-5-7-16(15)22-18(20)21(14,12-24)19(25)26-2/h3-7,14,17,24H,8-12H2,1-2H3/b13-3+/t14-,17+,20-,21?/m0/s1. The first kappa shape index (κ1) is 16.2. The third kappa shape index (κ3) is 1.56. The van der Waals surface area contributed by atoms with Gasteiger partial charge in [0.25, 0.3) is 0 Å². The number of aliphatic hydroxyl groups is 1. The van der Waals surface area contributed by atoms with Gasteiger partial charge in [0.1, 0.15) is 5.41 Å². The maximum atomic E-state index is 13.1. The van der Waals surface area contributed by atoms with E-state index in [2.05, 4.69) is 30.0 Å². The van der Waals surface area contributed by atoms with Crippen LogP contribution in [0, 0.1) is 11.3 Å². The fraction of sp³-hybridized carbons (Fsp3) is 0.524. The SMILES string of the molecule is C/C=C1\[C@@H]2CCN3CC[C@@]4(C(=Nc5ccccc54)C2(CO)C(=O)OC)[C@@H]13. The van der Waals surface area contributed by atoms with Crippen molar-refractivity contribution in [2.75, 3.05) is 26.8 Å². The van der Waals surface area contributed by atoms with Crippen LogP contribution in [0.4, 0.5) is 5.69 Å². The molecule has 2 saturated heterocycles. The van der Waals surface area contributed by atoms with Crippen LogP contribution in [0.25, 0.3) is 0 Å². The number of esters is 1. The van der Waals surface area contributed by atoms with Gasteiger partial charge in [-0.05, 0) is 37.9 Å². The summed E-state index contributed by atoms with van der Waals surface area (Å²) in [4.78, 5) is 20.7. The van der Waals surface area contributed by atoms with Gasteiger partial charge in [0, 0.05) is 18.5 Å². The Bertz CT molecular complexity index is 861. The highest BCUT2D eigenvalue weighted by Gasteiger charge is 2.71. The van der Waals surface area contributed by atoms with Gasteiger partial charge in [0.2, 0.25) is 0 Å². The van der Waals surface area contributed by atoms with Crippen LogP contribution in [0.2, 0.25) is 0 Å². The molecule has 5 heteroatoms. The molecule has 4 atom stereocenters. The minimum atomic E-state index is -1.08. The number of carbonyl (C=O) groups is 1. The van der Waals surface area contributed by atoms with Crippen molar-refractivity contribution in [1.82, 2.24) is 4.90 Å². The molecule has 4 aliphatic rings. The first-order chi connectivity index (χ1) is 12.6. The lowest BCUT2D eigenvalue weighted by Crippen LogP contribution is -2.67. The Hall–Kier alpha value is -1.98. The number of hydrogen-bond donors (Lipinski definition) is 1. The first-order valence-electron chi connectivity index (χ1n) is 9.43. The Labute approximate surface area is 153 Å².